The lowest BCUT2D eigenvalue weighted by molar-refractivity contribution is 0.0963. The van der Waals surface area contributed by atoms with Crippen molar-refractivity contribution in [2.45, 2.75) is 58.4 Å². The predicted octanol–water partition coefficient (Wildman–Crippen LogP) is 4.21. The van der Waals surface area contributed by atoms with Gasteiger partial charge >= 0.3 is 0 Å². The first kappa shape index (κ1) is 16.5. The Morgan fingerprint density at radius 2 is 1.75 bits per heavy atom. The summed E-state index contributed by atoms with van der Waals surface area (Å²) in [5, 5.41) is 6.11. The van der Waals surface area contributed by atoms with Crippen molar-refractivity contribution in [3.63, 3.8) is 0 Å². The summed E-state index contributed by atoms with van der Waals surface area (Å²) in [5.41, 5.74) is 1.78. The molecule has 0 bridgehead atoms. The van der Waals surface area contributed by atoms with Crippen LogP contribution in [-0.2, 0) is 0 Å². The minimum Gasteiger partial charge on any atom is -0.383 e. The van der Waals surface area contributed by atoms with Crippen molar-refractivity contribution in [1.29, 1.82) is 0 Å². The van der Waals surface area contributed by atoms with Gasteiger partial charge in [-0.15, -0.1) is 0 Å². The van der Waals surface area contributed by atoms with Crippen LogP contribution < -0.4 is 10.6 Å². The van der Waals surface area contributed by atoms with Crippen LogP contribution in [0.4, 0.5) is 5.69 Å². The predicted molar refractivity (Wildman–Crippen MR) is 86.3 cm³/mol. The van der Waals surface area contributed by atoms with Crippen LogP contribution in [0.2, 0.25) is 0 Å². The highest BCUT2D eigenvalue weighted by Gasteiger charge is 2.04. The quantitative estimate of drug-likeness (QED) is 0.663. The van der Waals surface area contributed by atoms with E-state index in [0.29, 0.717) is 11.6 Å². The molecular weight excluding hydrogens is 248 g/mol. The lowest BCUT2D eigenvalue weighted by atomic mass is 10.1. The molecule has 20 heavy (non-hydrogen) atoms. The summed E-state index contributed by atoms with van der Waals surface area (Å²) >= 11 is 0. The summed E-state index contributed by atoms with van der Waals surface area (Å²) < 4.78 is 0. The number of nitrogens with one attached hydrogen (secondary N) is 2. The van der Waals surface area contributed by atoms with Crippen LogP contribution in [0.1, 0.15) is 62.7 Å². The molecule has 2 N–H and O–H groups in total. The zero-order valence-corrected chi connectivity index (χ0v) is 13.0. The fourth-order valence-corrected chi connectivity index (χ4v) is 2.27. The number of rotatable bonds is 9. The molecule has 1 aromatic rings. The highest BCUT2D eigenvalue weighted by Crippen LogP contribution is 2.14. The van der Waals surface area contributed by atoms with Crippen molar-refractivity contribution < 1.29 is 4.79 Å². The molecule has 0 saturated carbocycles. The molecule has 0 aliphatic heterocycles. The molecule has 3 heteroatoms. The van der Waals surface area contributed by atoms with Crippen molar-refractivity contribution >= 4 is 11.6 Å². The van der Waals surface area contributed by atoms with Gasteiger partial charge < -0.3 is 10.6 Å². The maximum Gasteiger partial charge on any atom is 0.251 e. The Labute approximate surface area is 123 Å². The molecule has 0 spiro atoms. The number of unbranched alkanes of at least 4 members (excludes halogenated alkanes) is 4. The Morgan fingerprint density at radius 1 is 1.10 bits per heavy atom. The van der Waals surface area contributed by atoms with Gasteiger partial charge in [0, 0.05) is 24.3 Å². The van der Waals surface area contributed by atoms with Gasteiger partial charge in [-0.1, -0.05) is 39.0 Å². The Bertz CT molecular complexity index is 386. The summed E-state index contributed by atoms with van der Waals surface area (Å²) in [5.74, 6) is -0.0412. The summed E-state index contributed by atoms with van der Waals surface area (Å²) in [6.07, 6.45) is 7.80. The molecule has 1 amide bonds. The summed E-state index contributed by atoms with van der Waals surface area (Å²) in [7, 11) is 1.65. The van der Waals surface area contributed by atoms with Crippen LogP contribution in [0.5, 0.6) is 0 Å². The van der Waals surface area contributed by atoms with Crippen LogP contribution >= 0.6 is 0 Å². The van der Waals surface area contributed by atoms with Gasteiger partial charge in [0.05, 0.1) is 0 Å². The first-order valence-corrected chi connectivity index (χ1v) is 7.76. The van der Waals surface area contributed by atoms with Crippen molar-refractivity contribution in [2.24, 2.45) is 0 Å². The Balaban J connectivity index is 2.31. The molecule has 0 radical (unpaired) electrons. The Morgan fingerprint density at radius 3 is 2.35 bits per heavy atom. The van der Waals surface area contributed by atoms with Crippen molar-refractivity contribution in [2.75, 3.05) is 12.4 Å². The molecule has 3 nitrogen and oxygen atoms in total. The lowest BCUT2D eigenvalue weighted by Crippen LogP contribution is -2.18. The van der Waals surface area contributed by atoms with Crippen LogP contribution in [0.3, 0.4) is 0 Å². The zero-order chi connectivity index (χ0) is 14.8. The van der Waals surface area contributed by atoms with E-state index in [9.17, 15) is 4.79 Å². The molecule has 112 valence electrons. The van der Waals surface area contributed by atoms with E-state index in [-0.39, 0.29) is 5.91 Å². The molecule has 1 aromatic carbocycles. The third kappa shape index (κ3) is 6.09. The van der Waals surface area contributed by atoms with Gasteiger partial charge in [-0.3, -0.25) is 4.79 Å². The molecule has 0 aliphatic carbocycles. The normalized spacial score (nSPS) is 11.9. The van der Waals surface area contributed by atoms with Gasteiger partial charge in [0.15, 0.2) is 0 Å². The van der Waals surface area contributed by atoms with Gasteiger partial charge in [-0.05, 0) is 37.6 Å². The number of carbonyl (C=O) groups is 1. The van der Waals surface area contributed by atoms with Crippen LogP contribution in [0, 0.1) is 0 Å². The van der Waals surface area contributed by atoms with Crippen molar-refractivity contribution in [1.82, 2.24) is 5.32 Å². The summed E-state index contributed by atoms with van der Waals surface area (Å²) in [6, 6.07) is 8.13. The van der Waals surface area contributed by atoms with Crippen molar-refractivity contribution in [3.8, 4) is 0 Å². The van der Waals surface area contributed by atoms with Gasteiger partial charge in [-0.2, -0.15) is 0 Å². The minimum atomic E-state index is -0.0412. The largest absolute Gasteiger partial charge is 0.383 e. The fraction of sp³-hybridized carbons (Fsp3) is 0.588. The van der Waals surface area contributed by atoms with Crippen molar-refractivity contribution in [3.05, 3.63) is 29.8 Å². The number of amides is 1. The monoisotopic (exact) mass is 276 g/mol. The highest BCUT2D eigenvalue weighted by molar-refractivity contribution is 5.94. The van der Waals surface area contributed by atoms with Gasteiger partial charge in [0.2, 0.25) is 0 Å². The van der Waals surface area contributed by atoms with E-state index >= 15 is 0 Å². The third-order valence-electron chi connectivity index (χ3n) is 3.53. The molecule has 1 unspecified atom stereocenters. The van der Waals surface area contributed by atoms with E-state index < -0.39 is 0 Å². The first-order valence-electron chi connectivity index (χ1n) is 7.76. The zero-order valence-electron chi connectivity index (χ0n) is 13.0. The second kappa shape index (κ2) is 9.40. The second-order valence-electron chi connectivity index (χ2n) is 5.40. The minimum absolute atomic E-state index is 0.0412. The molecule has 1 rings (SSSR count). The van der Waals surface area contributed by atoms with E-state index in [1.165, 1.54) is 38.5 Å². The standard InChI is InChI=1S/C17H28N2O/c1-4-5-6-7-8-9-14(2)19-16-12-10-15(11-13-16)17(20)18-3/h10-14,19H,4-9H2,1-3H3,(H,18,20). The second-order valence-corrected chi connectivity index (χ2v) is 5.40. The molecule has 1 atom stereocenters. The fourth-order valence-electron chi connectivity index (χ4n) is 2.27. The number of hydrogen-bond donors (Lipinski definition) is 2. The topological polar surface area (TPSA) is 41.1 Å². The maximum atomic E-state index is 11.4. The lowest BCUT2D eigenvalue weighted by Gasteiger charge is -2.15. The van der Waals surface area contributed by atoms with E-state index in [2.05, 4.69) is 24.5 Å². The van der Waals surface area contributed by atoms with E-state index in [4.69, 9.17) is 0 Å². The van der Waals surface area contributed by atoms with Gasteiger partial charge in [0.1, 0.15) is 0 Å². The maximum absolute atomic E-state index is 11.4. The van der Waals surface area contributed by atoms with Crippen LogP contribution in [-0.4, -0.2) is 19.0 Å². The third-order valence-corrected chi connectivity index (χ3v) is 3.53. The van der Waals surface area contributed by atoms with Crippen LogP contribution in [0.25, 0.3) is 0 Å². The Kier molecular flexibility index (Phi) is 7.78. The van der Waals surface area contributed by atoms with E-state index in [0.717, 1.165) is 5.69 Å². The highest BCUT2D eigenvalue weighted by atomic mass is 16.1. The van der Waals surface area contributed by atoms with Gasteiger partial charge in [0.25, 0.3) is 5.91 Å². The molecule has 0 fully saturated rings. The van der Waals surface area contributed by atoms with E-state index in [1.54, 1.807) is 7.05 Å². The molecule has 0 aliphatic rings. The first-order chi connectivity index (χ1) is 9.67. The number of anilines is 1. The molecule has 0 saturated heterocycles. The van der Waals surface area contributed by atoms with Gasteiger partial charge in [-0.25, -0.2) is 0 Å². The molecule has 0 heterocycles. The average Bonchev–Trinajstić information content (AvgIpc) is 2.47. The van der Waals surface area contributed by atoms with E-state index in [1.807, 2.05) is 24.3 Å². The summed E-state index contributed by atoms with van der Waals surface area (Å²) in [4.78, 5) is 11.4. The number of benzene rings is 1. The Hall–Kier alpha value is -1.51. The SMILES string of the molecule is CCCCCCCC(C)Nc1ccc(C(=O)NC)cc1. The smallest absolute Gasteiger partial charge is 0.251 e. The molecule has 0 aromatic heterocycles. The van der Waals surface area contributed by atoms with Crippen LogP contribution in [0.15, 0.2) is 24.3 Å². The number of carbonyl (C=O) groups excluding carboxylic acids is 1. The summed E-state index contributed by atoms with van der Waals surface area (Å²) in [6.45, 7) is 4.46. The number of hydrogen-bond acceptors (Lipinski definition) is 2. The molecular formula is C17H28N2O. The average molecular weight is 276 g/mol.